The molecule has 0 saturated carbocycles. The van der Waals surface area contributed by atoms with Crippen molar-refractivity contribution in [3.8, 4) is 0 Å². The van der Waals surface area contributed by atoms with Gasteiger partial charge >= 0.3 is 0 Å². The van der Waals surface area contributed by atoms with E-state index in [2.05, 4.69) is 49.3 Å². The molecule has 2 aromatic carbocycles. The van der Waals surface area contributed by atoms with Crippen molar-refractivity contribution in [3.63, 3.8) is 0 Å². The lowest BCUT2D eigenvalue weighted by atomic mass is 10.0. The third-order valence-corrected chi connectivity index (χ3v) is 4.04. The highest BCUT2D eigenvalue weighted by Crippen LogP contribution is 2.18. The molecule has 1 heterocycles. The van der Waals surface area contributed by atoms with Gasteiger partial charge in [-0.3, -0.25) is 4.79 Å². The number of nitrogens with one attached hydrogen (secondary N) is 2. The second-order valence-corrected chi connectivity index (χ2v) is 5.87. The molecule has 0 aliphatic carbocycles. The van der Waals surface area contributed by atoms with Crippen LogP contribution in [0.2, 0.25) is 0 Å². The average molecular weight is 292 g/mol. The molecule has 0 unspecified atom stereocenters. The lowest BCUT2D eigenvalue weighted by Gasteiger charge is -2.09. The van der Waals surface area contributed by atoms with Crippen molar-refractivity contribution >= 4 is 16.6 Å². The molecule has 1 aromatic heterocycles. The summed E-state index contributed by atoms with van der Waals surface area (Å²) in [4.78, 5) is 15.2. The number of hydrogen-bond donors (Lipinski definition) is 2. The van der Waals surface area contributed by atoms with E-state index >= 15 is 0 Å². The van der Waals surface area contributed by atoms with Gasteiger partial charge in [-0.2, -0.15) is 0 Å². The van der Waals surface area contributed by atoms with Gasteiger partial charge in [-0.15, -0.1) is 0 Å². The largest absolute Gasteiger partial charge is 0.381 e. The van der Waals surface area contributed by atoms with Gasteiger partial charge in [0.2, 0.25) is 0 Å². The second-order valence-electron chi connectivity index (χ2n) is 5.87. The fourth-order valence-corrected chi connectivity index (χ4v) is 2.61. The smallest absolute Gasteiger partial charge is 0.253 e. The van der Waals surface area contributed by atoms with Crippen molar-refractivity contribution in [2.45, 2.75) is 27.3 Å². The number of pyridine rings is 1. The van der Waals surface area contributed by atoms with Crippen LogP contribution in [0.5, 0.6) is 0 Å². The van der Waals surface area contributed by atoms with Crippen LogP contribution in [0.15, 0.2) is 47.3 Å². The van der Waals surface area contributed by atoms with Crippen molar-refractivity contribution in [1.29, 1.82) is 0 Å². The Kier molecular flexibility index (Phi) is 3.72. The Morgan fingerprint density at radius 1 is 1.00 bits per heavy atom. The molecule has 3 heteroatoms. The van der Waals surface area contributed by atoms with Crippen LogP contribution in [0.4, 0.5) is 5.69 Å². The molecular weight excluding hydrogens is 272 g/mol. The van der Waals surface area contributed by atoms with E-state index < -0.39 is 0 Å². The summed E-state index contributed by atoms with van der Waals surface area (Å²) >= 11 is 0. The number of aromatic nitrogens is 1. The third-order valence-electron chi connectivity index (χ3n) is 4.04. The molecule has 0 amide bonds. The van der Waals surface area contributed by atoms with Gasteiger partial charge in [-0.1, -0.05) is 12.1 Å². The highest BCUT2D eigenvalue weighted by molar-refractivity contribution is 5.80. The molecule has 0 saturated heterocycles. The predicted octanol–water partition coefficient (Wildman–Crippen LogP) is 4.07. The minimum Gasteiger partial charge on any atom is -0.381 e. The first-order valence-electron chi connectivity index (χ1n) is 7.46. The number of benzene rings is 2. The van der Waals surface area contributed by atoms with Crippen LogP contribution >= 0.6 is 0 Å². The number of rotatable bonds is 3. The number of fused-ring (bicyclic) bond motifs is 1. The second kappa shape index (κ2) is 5.68. The van der Waals surface area contributed by atoms with Crippen LogP contribution in [0, 0.1) is 20.8 Å². The molecule has 0 radical (unpaired) electrons. The van der Waals surface area contributed by atoms with Gasteiger partial charge in [0.25, 0.3) is 5.56 Å². The first-order chi connectivity index (χ1) is 10.5. The normalized spacial score (nSPS) is 10.9. The van der Waals surface area contributed by atoms with Crippen LogP contribution in [0.25, 0.3) is 10.9 Å². The maximum atomic E-state index is 12.2. The maximum Gasteiger partial charge on any atom is 0.253 e. The van der Waals surface area contributed by atoms with Crippen molar-refractivity contribution in [3.05, 3.63) is 75.1 Å². The molecule has 0 spiro atoms. The lowest BCUT2D eigenvalue weighted by Crippen LogP contribution is -2.15. The molecule has 0 fully saturated rings. The van der Waals surface area contributed by atoms with Crippen LogP contribution in [0.1, 0.15) is 22.3 Å². The zero-order valence-electron chi connectivity index (χ0n) is 13.2. The van der Waals surface area contributed by atoms with E-state index in [0.717, 1.165) is 22.2 Å². The minimum atomic E-state index is -0.0316. The van der Waals surface area contributed by atoms with E-state index in [1.807, 2.05) is 24.3 Å². The molecule has 0 bridgehead atoms. The minimum absolute atomic E-state index is 0.0316. The van der Waals surface area contributed by atoms with E-state index in [-0.39, 0.29) is 5.56 Å². The zero-order valence-corrected chi connectivity index (χ0v) is 13.2. The Balaban J connectivity index is 1.92. The number of anilines is 1. The molecule has 22 heavy (non-hydrogen) atoms. The first kappa shape index (κ1) is 14.4. The Morgan fingerprint density at radius 2 is 1.77 bits per heavy atom. The van der Waals surface area contributed by atoms with Crippen LogP contribution < -0.4 is 10.9 Å². The van der Waals surface area contributed by atoms with E-state index in [4.69, 9.17) is 0 Å². The molecular formula is C19H20N2O. The molecule has 3 rings (SSSR count). The van der Waals surface area contributed by atoms with Crippen LogP contribution in [0.3, 0.4) is 0 Å². The molecule has 0 aliphatic rings. The summed E-state index contributed by atoms with van der Waals surface area (Å²) in [5.41, 5.74) is 6.26. The maximum absolute atomic E-state index is 12.2. The summed E-state index contributed by atoms with van der Waals surface area (Å²) in [5.74, 6) is 0. The summed E-state index contributed by atoms with van der Waals surface area (Å²) < 4.78 is 0. The van der Waals surface area contributed by atoms with Gasteiger partial charge in [-0.05, 0) is 73.2 Å². The number of aromatic amines is 1. The van der Waals surface area contributed by atoms with Gasteiger partial charge in [-0.25, -0.2) is 0 Å². The van der Waals surface area contributed by atoms with Gasteiger partial charge in [0, 0.05) is 23.3 Å². The summed E-state index contributed by atoms with van der Waals surface area (Å²) in [6.07, 6.45) is 0. The molecule has 0 aliphatic heterocycles. The summed E-state index contributed by atoms with van der Waals surface area (Å²) in [6, 6.07) is 14.3. The number of H-pyrrole nitrogens is 1. The third kappa shape index (κ3) is 2.89. The van der Waals surface area contributed by atoms with Crippen molar-refractivity contribution < 1.29 is 0 Å². The zero-order chi connectivity index (χ0) is 15.7. The monoisotopic (exact) mass is 292 g/mol. The van der Waals surface area contributed by atoms with Gasteiger partial charge in [0.05, 0.1) is 0 Å². The lowest BCUT2D eigenvalue weighted by molar-refractivity contribution is 1.09. The fourth-order valence-electron chi connectivity index (χ4n) is 2.61. The van der Waals surface area contributed by atoms with Gasteiger partial charge in [0.1, 0.15) is 0 Å². The van der Waals surface area contributed by atoms with E-state index in [9.17, 15) is 4.79 Å². The van der Waals surface area contributed by atoms with Crippen LogP contribution in [-0.2, 0) is 6.54 Å². The number of aryl methyl sites for hydroxylation is 3. The Morgan fingerprint density at radius 3 is 2.55 bits per heavy atom. The average Bonchev–Trinajstić information content (AvgIpc) is 2.47. The summed E-state index contributed by atoms with van der Waals surface area (Å²) in [5, 5.41) is 4.39. The van der Waals surface area contributed by atoms with Crippen molar-refractivity contribution in [2.75, 3.05) is 5.32 Å². The number of hydrogen-bond acceptors (Lipinski definition) is 2. The van der Waals surface area contributed by atoms with Gasteiger partial charge < -0.3 is 10.3 Å². The Hall–Kier alpha value is -2.55. The fraction of sp³-hybridized carbons (Fsp3) is 0.211. The predicted molar refractivity (Wildman–Crippen MR) is 92.5 cm³/mol. The SMILES string of the molecule is Cc1cccc(NCc2cc3cc(C)c(C)cc3[nH]c2=O)c1. The molecule has 2 N–H and O–H groups in total. The quantitative estimate of drug-likeness (QED) is 0.764. The van der Waals surface area contributed by atoms with Crippen molar-refractivity contribution in [1.82, 2.24) is 4.98 Å². The van der Waals surface area contributed by atoms with Crippen LogP contribution in [-0.4, -0.2) is 4.98 Å². The highest BCUT2D eigenvalue weighted by atomic mass is 16.1. The Bertz CT molecular complexity index is 894. The van der Waals surface area contributed by atoms with E-state index in [1.54, 1.807) is 0 Å². The highest BCUT2D eigenvalue weighted by Gasteiger charge is 2.05. The van der Waals surface area contributed by atoms with Crippen molar-refractivity contribution in [2.24, 2.45) is 0 Å². The molecule has 0 atom stereocenters. The molecule has 3 aromatic rings. The standard InChI is InChI=1S/C19H20N2O/c1-12-5-4-6-17(7-12)20-11-16-10-15-8-13(2)14(3)9-18(15)21-19(16)22/h4-10,20H,11H2,1-3H3,(H,21,22). The Labute approximate surface area is 130 Å². The van der Waals surface area contributed by atoms with Gasteiger partial charge in [0.15, 0.2) is 0 Å². The molecule has 112 valence electrons. The topological polar surface area (TPSA) is 44.9 Å². The summed E-state index contributed by atoms with van der Waals surface area (Å²) in [6.45, 7) is 6.71. The van der Waals surface area contributed by atoms with E-state index in [1.165, 1.54) is 16.7 Å². The summed E-state index contributed by atoms with van der Waals surface area (Å²) in [7, 11) is 0. The first-order valence-corrected chi connectivity index (χ1v) is 7.46. The van der Waals surface area contributed by atoms with E-state index in [0.29, 0.717) is 6.54 Å². The molecule has 3 nitrogen and oxygen atoms in total.